The minimum atomic E-state index is 0.314. The number of benzene rings is 1. The number of hydrogen-bond acceptors (Lipinski definition) is 4. The summed E-state index contributed by atoms with van der Waals surface area (Å²) in [5.74, 6) is 1.61. The van der Waals surface area contributed by atoms with Gasteiger partial charge in [0.2, 0.25) is 11.7 Å². The average molecular weight is 391 g/mol. The number of aromatic nitrogens is 2. The molecule has 0 bridgehead atoms. The molecule has 100 valence electrons. The predicted octanol–water partition coefficient (Wildman–Crippen LogP) is 3.89. The van der Waals surface area contributed by atoms with Gasteiger partial charge in [0.15, 0.2) is 0 Å². The summed E-state index contributed by atoms with van der Waals surface area (Å²) in [7, 11) is 0. The molecule has 0 unspecified atom stereocenters. The lowest BCUT2D eigenvalue weighted by molar-refractivity contribution is 0.0778. The number of halogens is 2. The lowest BCUT2D eigenvalue weighted by atomic mass is 10.0. The highest BCUT2D eigenvalue weighted by Gasteiger charge is 2.22. The molecule has 0 saturated carbocycles. The maximum atomic E-state index is 6.11. The van der Waals surface area contributed by atoms with Crippen LogP contribution in [0.1, 0.15) is 24.7 Å². The summed E-state index contributed by atoms with van der Waals surface area (Å²) in [6, 6.07) is 5.76. The fourth-order valence-electron chi connectivity index (χ4n) is 2.10. The molecule has 1 aromatic carbocycles. The van der Waals surface area contributed by atoms with Gasteiger partial charge in [-0.25, -0.2) is 0 Å². The van der Waals surface area contributed by atoms with E-state index in [9.17, 15) is 0 Å². The summed E-state index contributed by atoms with van der Waals surface area (Å²) in [6.07, 6.45) is 1.88. The monoisotopic (exact) mass is 390 g/mol. The summed E-state index contributed by atoms with van der Waals surface area (Å²) in [4.78, 5) is 4.48. The first kappa shape index (κ1) is 13.3. The number of ether oxygens (including phenoxy) is 1. The average Bonchev–Trinajstić information content (AvgIpc) is 2.93. The molecule has 0 aliphatic carbocycles. The Kier molecular flexibility index (Phi) is 4.04. The molecule has 0 amide bonds. The molecule has 1 fully saturated rings. The van der Waals surface area contributed by atoms with Gasteiger partial charge in [-0.1, -0.05) is 16.8 Å². The number of rotatable bonds is 2. The summed E-state index contributed by atoms with van der Waals surface area (Å²) < 4.78 is 11.7. The third-order valence-electron chi connectivity index (χ3n) is 3.19. The van der Waals surface area contributed by atoms with Crippen molar-refractivity contribution in [2.75, 3.05) is 13.2 Å². The van der Waals surface area contributed by atoms with Gasteiger partial charge in [-0.2, -0.15) is 4.98 Å². The maximum Gasteiger partial charge on any atom is 0.230 e. The quantitative estimate of drug-likeness (QED) is 0.730. The van der Waals surface area contributed by atoms with Crippen molar-refractivity contribution in [3.63, 3.8) is 0 Å². The van der Waals surface area contributed by atoms with E-state index in [2.05, 4.69) is 32.7 Å². The largest absolute Gasteiger partial charge is 0.381 e. The maximum absolute atomic E-state index is 6.11. The van der Waals surface area contributed by atoms with E-state index in [1.165, 1.54) is 0 Å². The van der Waals surface area contributed by atoms with Crippen LogP contribution < -0.4 is 0 Å². The van der Waals surface area contributed by atoms with Crippen molar-refractivity contribution in [3.8, 4) is 11.4 Å². The van der Waals surface area contributed by atoms with Gasteiger partial charge < -0.3 is 9.26 Å². The van der Waals surface area contributed by atoms with E-state index in [0.29, 0.717) is 22.7 Å². The molecule has 19 heavy (non-hydrogen) atoms. The smallest absolute Gasteiger partial charge is 0.230 e. The standard InChI is InChI=1S/C13H12ClIN2O2/c14-10-7-9(1-2-11(10)15)12-16-13(19-17-12)8-3-5-18-6-4-8/h1-2,7-8H,3-6H2. The lowest BCUT2D eigenvalue weighted by Gasteiger charge is -2.17. The van der Waals surface area contributed by atoms with Crippen LogP contribution in [0.15, 0.2) is 22.7 Å². The molecule has 6 heteroatoms. The number of hydrogen-bond donors (Lipinski definition) is 0. The van der Waals surface area contributed by atoms with Crippen molar-refractivity contribution in [2.45, 2.75) is 18.8 Å². The van der Waals surface area contributed by atoms with E-state index in [4.69, 9.17) is 20.9 Å². The van der Waals surface area contributed by atoms with Gasteiger partial charge in [0.05, 0.1) is 5.02 Å². The third kappa shape index (κ3) is 2.93. The van der Waals surface area contributed by atoms with Crippen LogP contribution in [-0.2, 0) is 4.74 Å². The molecular weight excluding hydrogens is 379 g/mol. The molecule has 0 N–H and O–H groups in total. The van der Waals surface area contributed by atoms with E-state index < -0.39 is 0 Å². The van der Waals surface area contributed by atoms with E-state index in [1.54, 1.807) is 0 Å². The van der Waals surface area contributed by atoms with Crippen molar-refractivity contribution in [1.29, 1.82) is 0 Å². The van der Waals surface area contributed by atoms with Gasteiger partial charge >= 0.3 is 0 Å². The Bertz CT molecular complexity index is 582. The highest BCUT2D eigenvalue weighted by Crippen LogP contribution is 2.29. The molecule has 1 aliphatic rings. The molecule has 0 spiro atoms. The molecule has 0 atom stereocenters. The van der Waals surface area contributed by atoms with Crippen molar-refractivity contribution in [3.05, 3.63) is 32.7 Å². The summed E-state index contributed by atoms with van der Waals surface area (Å²) >= 11 is 8.30. The van der Waals surface area contributed by atoms with Crippen LogP contribution in [0.5, 0.6) is 0 Å². The fraction of sp³-hybridized carbons (Fsp3) is 0.385. The molecule has 1 aromatic heterocycles. The fourth-order valence-corrected chi connectivity index (χ4v) is 2.61. The Morgan fingerprint density at radius 3 is 2.79 bits per heavy atom. The van der Waals surface area contributed by atoms with Crippen LogP contribution in [0.3, 0.4) is 0 Å². The minimum absolute atomic E-state index is 0.314. The molecule has 2 heterocycles. The van der Waals surface area contributed by atoms with Crippen LogP contribution in [-0.4, -0.2) is 23.4 Å². The van der Waals surface area contributed by atoms with Gasteiger partial charge in [0.1, 0.15) is 0 Å². The molecule has 1 saturated heterocycles. The first-order valence-corrected chi connectivity index (χ1v) is 7.56. The topological polar surface area (TPSA) is 48.2 Å². The minimum Gasteiger partial charge on any atom is -0.381 e. The second-order valence-corrected chi connectivity index (χ2v) is 6.04. The van der Waals surface area contributed by atoms with Crippen LogP contribution in [0.4, 0.5) is 0 Å². The Morgan fingerprint density at radius 2 is 2.05 bits per heavy atom. The van der Waals surface area contributed by atoms with Crippen LogP contribution in [0.25, 0.3) is 11.4 Å². The highest BCUT2D eigenvalue weighted by atomic mass is 127. The summed E-state index contributed by atoms with van der Waals surface area (Å²) in [5, 5.41) is 4.75. The highest BCUT2D eigenvalue weighted by molar-refractivity contribution is 14.1. The van der Waals surface area contributed by atoms with E-state index in [1.807, 2.05) is 18.2 Å². The molecular formula is C13H12ClIN2O2. The normalized spacial score (nSPS) is 16.7. The Morgan fingerprint density at radius 1 is 1.26 bits per heavy atom. The zero-order valence-electron chi connectivity index (χ0n) is 10.1. The number of nitrogens with zero attached hydrogens (tertiary/aromatic N) is 2. The SMILES string of the molecule is Clc1cc(-c2noc(C3CCOCC3)n2)ccc1I. The van der Waals surface area contributed by atoms with Gasteiger partial charge in [-0.3, -0.25) is 0 Å². The van der Waals surface area contributed by atoms with Crippen molar-refractivity contribution in [2.24, 2.45) is 0 Å². The van der Waals surface area contributed by atoms with Crippen molar-refractivity contribution >= 4 is 34.2 Å². The summed E-state index contributed by atoms with van der Waals surface area (Å²) in [5.41, 5.74) is 0.882. The Balaban J connectivity index is 1.85. The van der Waals surface area contributed by atoms with Crippen LogP contribution in [0.2, 0.25) is 5.02 Å². The van der Waals surface area contributed by atoms with E-state index >= 15 is 0 Å². The third-order valence-corrected chi connectivity index (χ3v) is 4.76. The zero-order valence-corrected chi connectivity index (χ0v) is 13.0. The molecule has 1 aliphatic heterocycles. The van der Waals surface area contributed by atoms with Gasteiger partial charge in [-0.15, -0.1) is 0 Å². The first-order chi connectivity index (χ1) is 9.24. The van der Waals surface area contributed by atoms with Crippen LogP contribution in [0, 0.1) is 3.57 Å². The van der Waals surface area contributed by atoms with Gasteiger partial charge in [0, 0.05) is 28.3 Å². The molecule has 2 aromatic rings. The molecule has 3 rings (SSSR count). The van der Waals surface area contributed by atoms with Gasteiger partial charge in [0.25, 0.3) is 0 Å². The van der Waals surface area contributed by atoms with E-state index in [-0.39, 0.29) is 0 Å². The van der Waals surface area contributed by atoms with Crippen LogP contribution >= 0.6 is 34.2 Å². The predicted molar refractivity (Wildman–Crippen MR) is 80.3 cm³/mol. The summed E-state index contributed by atoms with van der Waals surface area (Å²) in [6.45, 7) is 1.52. The lowest BCUT2D eigenvalue weighted by Crippen LogP contribution is -2.14. The molecule has 0 radical (unpaired) electrons. The Hall–Kier alpha value is -0.660. The van der Waals surface area contributed by atoms with Crippen molar-refractivity contribution in [1.82, 2.24) is 10.1 Å². The van der Waals surface area contributed by atoms with Crippen molar-refractivity contribution < 1.29 is 9.26 Å². The Labute approximate surface area is 129 Å². The van der Waals surface area contributed by atoms with E-state index in [0.717, 1.165) is 35.2 Å². The van der Waals surface area contributed by atoms with Gasteiger partial charge in [-0.05, 0) is 53.6 Å². The second kappa shape index (κ2) is 5.76. The first-order valence-electron chi connectivity index (χ1n) is 6.11. The molecule has 4 nitrogen and oxygen atoms in total. The second-order valence-electron chi connectivity index (χ2n) is 4.47. The zero-order chi connectivity index (χ0) is 13.2.